The molecule has 0 aliphatic carbocycles. The number of anilines is 1. The maximum absolute atomic E-state index is 13.7. The van der Waals surface area contributed by atoms with Gasteiger partial charge in [0.15, 0.2) is 0 Å². The highest BCUT2D eigenvalue weighted by atomic mass is 35.5. The summed E-state index contributed by atoms with van der Waals surface area (Å²) in [5, 5.41) is 3.31. The molecule has 0 saturated carbocycles. The molecule has 1 N–H and O–H groups in total. The van der Waals surface area contributed by atoms with E-state index in [2.05, 4.69) is 10.3 Å². The zero-order valence-corrected chi connectivity index (χ0v) is 13.7. The Hall–Kier alpha value is -1.91. The van der Waals surface area contributed by atoms with Gasteiger partial charge in [-0.05, 0) is 36.8 Å². The maximum Gasteiger partial charge on any atom is 0.237 e. The second-order valence-corrected chi connectivity index (χ2v) is 6.19. The number of aliphatic imine (C=N–C) groups is 1. The highest BCUT2D eigenvalue weighted by molar-refractivity contribution is 6.31. The third kappa shape index (κ3) is 3.23. The number of hydrogen-bond acceptors (Lipinski definition) is 2. The molecule has 3 nitrogen and oxygen atoms in total. The van der Waals surface area contributed by atoms with Crippen molar-refractivity contribution in [3.05, 3.63) is 63.4 Å². The molecule has 23 heavy (non-hydrogen) atoms. The molecule has 0 fully saturated rings. The largest absolute Gasteiger partial charge is 0.325 e. The van der Waals surface area contributed by atoms with E-state index in [-0.39, 0.29) is 17.0 Å². The Morgan fingerprint density at radius 3 is 2.74 bits per heavy atom. The molecule has 1 amide bonds. The van der Waals surface area contributed by atoms with Crippen LogP contribution in [-0.4, -0.2) is 12.1 Å². The lowest BCUT2D eigenvalue weighted by molar-refractivity contribution is -0.116. The third-order valence-corrected chi connectivity index (χ3v) is 4.27. The van der Waals surface area contributed by atoms with Crippen molar-refractivity contribution in [1.29, 1.82) is 0 Å². The minimum atomic E-state index is -0.576. The lowest BCUT2D eigenvalue weighted by Gasteiger charge is -2.21. The van der Waals surface area contributed by atoms with Gasteiger partial charge in [-0.2, -0.15) is 0 Å². The van der Waals surface area contributed by atoms with E-state index in [4.69, 9.17) is 23.2 Å². The molecule has 0 spiro atoms. The van der Waals surface area contributed by atoms with Crippen molar-refractivity contribution in [3.8, 4) is 0 Å². The zero-order valence-electron chi connectivity index (χ0n) is 12.2. The molecule has 3 rings (SSSR count). The molecule has 0 saturated heterocycles. The molecule has 0 bridgehead atoms. The van der Waals surface area contributed by atoms with Gasteiger partial charge in [0.05, 0.1) is 17.0 Å². The van der Waals surface area contributed by atoms with Crippen molar-refractivity contribution in [1.82, 2.24) is 0 Å². The van der Waals surface area contributed by atoms with Crippen LogP contribution in [0.2, 0.25) is 10.0 Å². The van der Waals surface area contributed by atoms with Crippen molar-refractivity contribution >= 4 is 41.0 Å². The van der Waals surface area contributed by atoms with Crippen LogP contribution in [0.4, 0.5) is 10.1 Å². The zero-order chi connectivity index (χ0) is 16.6. The Balaban J connectivity index is 2.04. The molecule has 2 atom stereocenters. The number of nitrogens with one attached hydrogen (secondary N) is 1. The number of halogens is 3. The van der Waals surface area contributed by atoms with Crippen molar-refractivity contribution in [2.24, 2.45) is 4.99 Å². The van der Waals surface area contributed by atoms with Gasteiger partial charge in [-0.25, -0.2) is 4.39 Å². The van der Waals surface area contributed by atoms with Gasteiger partial charge in [0, 0.05) is 22.5 Å². The first-order chi connectivity index (χ1) is 11.0. The second-order valence-electron chi connectivity index (χ2n) is 5.35. The monoisotopic (exact) mass is 350 g/mol. The Morgan fingerprint density at radius 1 is 1.22 bits per heavy atom. The van der Waals surface area contributed by atoms with E-state index >= 15 is 0 Å². The lowest BCUT2D eigenvalue weighted by Crippen LogP contribution is -2.25. The normalized spacial score (nSPS) is 20.4. The van der Waals surface area contributed by atoms with Gasteiger partial charge in [-0.1, -0.05) is 35.3 Å². The average Bonchev–Trinajstić information content (AvgIpc) is 2.49. The fourth-order valence-electron chi connectivity index (χ4n) is 2.53. The van der Waals surface area contributed by atoms with E-state index in [0.717, 1.165) is 5.56 Å². The highest BCUT2D eigenvalue weighted by Crippen LogP contribution is 2.33. The van der Waals surface area contributed by atoms with E-state index in [1.165, 1.54) is 12.1 Å². The Morgan fingerprint density at radius 2 is 2.00 bits per heavy atom. The minimum Gasteiger partial charge on any atom is -0.325 e. The molecular weight excluding hydrogens is 338 g/mol. The predicted molar refractivity (Wildman–Crippen MR) is 91.1 cm³/mol. The van der Waals surface area contributed by atoms with Crippen LogP contribution in [-0.2, 0) is 4.79 Å². The maximum atomic E-state index is 13.7. The van der Waals surface area contributed by atoms with Gasteiger partial charge < -0.3 is 5.32 Å². The molecule has 1 heterocycles. The number of fused-ring (bicyclic) bond motifs is 1. The summed E-state index contributed by atoms with van der Waals surface area (Å²) in [6, 6.07) is 9.47. The fourth-order valence-corrected chi connectivity index (χ4v) is 2.89. The Bertz CT molecular complexity index is 807. The van der Waals surface area contributed by atoms with Gasteiger partial charge >= 0.3 is 0 Å². The average molecular weight is 351 g/mol. The van der Waals surface area contributed by atoms with Crippen molar-refractivity contribution in [2.75, 3.05) is 5.32 Å². The molecule has 118 valence electrons. The first-order valence-electron chi connectivity index (χ1n) is 7.04. The summed E-state index contributed by atoms with van der Waals surface area (Å²) in [6.45, 7) is 1.83. The number of benzene rings is 2. The third-order valence-electron chi connectivity index (χ3n) is 3.75. The van der Waals surface area contributed by atoms with Crippen molar-refractivity contribution < 1.29 is 9.18 Å². The molecule has 2 unspecified atom stereocenters. The topological polar surface area (TPSA) is 41.5 Å². The fraction of sp³-hybridized carbons (Fsp3) is 0.176. The number of rotatable bonds is 1. The number of hydrogen-bond donors (Lipinski definition) is 1. The summed E-state index contributed by atoms with van der Waals surface area (Å²) in [5.74, 6) is -1.38. The number of nitrogens with zero attached hydrogens (tertiary/aromatic N) is 1. The number of carbonyl (C=O) groups is 1. The van der Waals surface area contributed by atoms with Crippen LogP contribution < -0.4 is 5.32 Å². The summed E-state index contributed by atoms with van der Waals surface area (Å²) >= 11 is 11.8. The number of carbonyl (C=O) groups excluding carboxylic acids is 1. The standard InChI is InChI=1S/C17H13Cl2FN2O/c1-9-12-6-15(20)14(19)7-16(12)22-17(23)13(8-21-9)10-3-2-4-11(18)5-10/h2-9,13H,1H3,(H,22,23). The molecule has 0 radical (unpaired) electrons. The van der Waals surface area contributed by atoms with Crippen molar-refractivity contribution in [2.45, 2.75) is 18.9 Å². The summed E-state index contributed by atoms with van der Waals surface area (Å²) in [4.78, 5) is 17.0. The van der Waals surface area contributed by atoms with E-state index in [0.29, 0.717) is 16.3 Å². The van der Waals surface area contributed by atoms with E-state index < -0.39 is 11.7 Å². The predicted octanol–water partition coefficient (Wildman–Crippen LogP) is 5.00. The summed E-state index contributed by atoms with van der Waals surface area (Å²) in [7, 11) is 0. The van der Waals surface area contributed by atoms with Crippen LogP contribution >= 0.6 is 23.2 Å². The summed E-state index contributed by atoms with van der Waals surface area (Å²) < 4.78 is 13.7. The quantitative estimate of drug-likeness (QED) is 0.772. The number of amides is 1. The van der Waals surface area contributed by atoms with Gasteiger partial charge in [0.1, 0.15) is 5.82 Å². The molecule has 1 aliphatic heterocycles. The first-order valence-corrected chi connectivity index (χ1v) is 7.80. The SMILES string of the molecule is CC1N=CC(c2cccc(Cl)c2)C(=O)Nc2cc(Cl)c(F)cc21. The van der Waals surface area contributed by atoms with E-state index in [1.807, 2.05) is 13.0 Å². The highest BCUT2D eigenvalue weighted by Gasteiger charge is 2.24. The van der Waals surface area contributed by atoms with Crippen LogP contribution in [0.5, 0.6) is 0 Å². The molecule has 2 aromatic carbocycles. The van der Waals surface area contributed by atoms with Crippen LogP contribution in [0.15, 0.2) is 41.4 Å². The van der Waals surface area contributed by atoms with Crippen LogP contribution in [0, 0.1) is 5.82 Å². The van der Waals surface area contributed by atoms with Crippen molar-refractivity contribution in [3.63, 3.8) is 0 Å². The molecule has 1 aliphatic rings. The Labute approximate surface area is 143 Å². The lowest BCUT2D eigenvalue weighted by atomic mass is 9.97. The van der Waals surface area contributed by atoms with Gasteiger partial charge in [0.25, 0.3) is 0 Å². The summed E-state index contributed by atoms with van der Waals surface area (Å²) in [6.07, 6.45) is 1.57. The second kappa shape index (κ2) is 6.30. The molecule has 6 heteroatoms. The van der Waals surface area contributed by atoms with E-state index in [1.54, 1.807) is 24.4 Å². The molecule has 2 aromatic rings. The van der Waals surface area contributed by atoms with E-state index in [9.17, 15) is 9.18 Å². The van der Waals surface area contributed by atoms with Gasteiger partial charge in [-0.3, -0.25) is 9.79 Å². The minimum absolute atomic E-state index is 0.0416. The molecule has 0 aromatic heterocycles. The Kier molecular flexibility index (Phi) is 4.37. The van der Waals surface area contributed by atoms with Crippen LogP contribution in [0.25, 0.3) is 0 Å². The first kappa shape index (κ1) is 16.0. The smallest absolute Gasteiger partial charge is 0.237 e. The van der Waals surface area contributed by atoms with Crippen LogP contribution in [0.1, 0.15) is 30.0 Å². The molecular formula is C17H13Cl2FN2O. The summed E-state index contributed by atoms with van der Waals surface area (Å²) in [5.41, 5.74) is 1.79. The van der Waals surface area contributed by atoms with Gasteiger partial charge in [-0.15, -0.1) is 0 Å². The van der Waals surface area contributed by atoms with Crippen LogP contribution in [0.3, 0.4) is 0 Å². The van der Waals surface area contributed by atoms with Gasteiger partial charge in [0.2, 0.25) is 5.91 Å².